The summed E-state index contributed by atoms with van der Waals surface area (Å²) in [6, 6.07) is 11.4. The van der Waals surface area contributed by atoms with E-state index in [1.807, 2.05) is 37.4 Å². The summed E-state index contributed by atoms with van der Waals surface area (Å²) in [7, 11) is 1.90. The highest BCUT2D eigenvalue weighted by Gasteiger charge is 2.11. The van der Waals surface area contributed by atoms with Crippen molar-refractivity contribution >= 4 is 34.8 Å². The van der Waals surface area contributed by atoms with Gasteiger partial charge in [0.05, 0.1) is 10.0 Å². The summed E-state index contributed by atoms with van der Waals surface area (Å²) in [5.41, 5.74) is 3.03. The summed E-state index contributed by atoms with van der Waals surface area (Å²) in [6.45, 7) is 0.745. The Bertz CT molecular complexity index is 567. The summed E-state index contributed by atoms with van der Waals surface area (Å²) >= 11 is 18.4. The van der Waals surface area contributed by atoms with E-state index in [4.69, 9.17) is 34.8 Å². The Morgan fingerprint density at radius 2 is 1.78 bits per heavy atom. The maximum Gasteiger partial charge on any atom is 0.0670 e. The number of benzene rings is 2. The minimum Gasteiger partial charge on any atom is -0.316 e. The standard InChI is InChI=1S/C14H12Cl3N/c1-18-8-9-5-6-10(15)7-12(9)11-3-2-4-13(16)14(11)17/h2-7,18H,8H2,1H3. The Labute approximate surface area is 122 Å². The van der Waals surface area contributed by atoms with Crippen LogP contribution in [0, 0.1) is 0 Å². The second kappa shape index (κ2) is 5.94. The predicted octanol–water partition coefficient (Wildman–Crippen LogP) is 5.03. The molecule has 0 unspecified atom stereocenters. The van der Waals surface area contributed by atoms with Gasteiger partial charge in [-0.15, -0.1) is 0 Å². The highest BCUT2D eigenvalue weighted by atomic mass is 35.5. The van der Waals surface area contributed by atoms with E-state index >= 15 is 0 Å². The van der Waals surface area contributed by atoms with Gasteiger partial charge in [0.15, 0.2) is 0 Å². The molecule has 1 nitrogen and oxygen atoms in total. The molecule has 0 saturated heterocycles. The molecule has 2 aromatic carbocycles. The van der Waals surface area contributed by atoms with Crippen LogP contribution in [0.2, 0.25) is 15.1 Å². The lowest BCUT2D eigenvalue weighted by atomic mass is 9.99. The fraction of sp³-hybridized carbons (Fsp3) is 0.143. The van der Waals surface area contributed by atoms with Gasteiger partial charge in [-0.05, 0) is 36.4 Å². The van der Waals surface area contributed by atoms with Crippen molar-refractivity contribution in [1.29, 1.82) is 0 Å². The number of hydrogen-bond acceptors (Lipinski definition) is 1. The van der Waals surface area contributed by atoms with Crippen LogP contribution >= 0.6 is 34.8 Å². The first kappa shape index (κ1) is 13.7. The second-order valence-corrected chi connectivity index (χ2v) is 5.15. The predicted molar refractivity (Wildman–Crippen MR) is 79.7 cm³/mol. The number of rotatable bonds is 3. The lowest BCUT2D eigenvalue weighted by Crippen LogP contribution is -2.06. The molecule has 94 valence electrons. The first-order chi connectivity index (χ1) is 8.63. The Hall–Kier alpha value is -0.730. The zero-order chi connectivity index (χ0) is 13.1. The molecule has 0 heterocycles. The Morgan fingerprint density at radius 1 is 1.00 bits per heavy atom. The Morgan fingerprint density at radius 3 is 2.50 bits per heavy atom. The van der Waals surface area contributed by atoms with Gasteiger partial charge in [-0.25, -0.2) is 0 Å². The van der Waals surface area contributed by atoms with Crippen molar-refractivity contribution in [2.24, 2.45) is 0 Å². The second-order valence-electron chi connectivity index (χ2n) is 3.93. The summed E-state index contributed by atoms with van der Waals surface area (Å²) in [5, 5.41) is 4.91. The van der Waals surface area contributed by atoms with Crippen molar-refractivity contribution in [3.05, 3.63) is 57.0 Å². The van der Waals surface area contributed by atoms with Crippen molar-refractivity contribution in [2.45, 2.75) is 6.54 Å². The van der Waals surface area contributed by atoms with Gasteiger partial charge in [-0.1, -0.05) is 53.0 Å². The highest BCUT2D eigenvalue weighted by Crippen LogP contribution is 2.36. The summed E-state index contributed by atoms with van der Waals surface area (Å²) in [5.74, 6) is 0. The van der Waals surface area contributed by atoms with Crippen LogP contribution in [0.25, 0.3) is 11.1 Å². The molecule has 0 spiro atoms. The van der Waals surface area contributed by atoms with E-state index in [1.165, 1.54) is 0 Å². The molecule has 0 fully saturated rings. The quantitative estimate of drug-likeness (QED) is 0.838. The van der Waals surface area contributed by atoms with E-state index in [9.17, 15) is 0 Å². The van der Waals surface area contributed by atoms with Gasteiger partial charge < -0.3 is 5.32 Å². The fourth-order valence-electron chi connectivity index (χ4n) is 1.86. The van der Waals surface area contributed by atoms with Gasteiger partial charge in [-0.2, -0.15) is 0 Å². The number of hydrogen-bond donors (Lipinski definition) is 1. The van der Waals surface area contributed by atoms with E-state index in [-0.39, 0.29) is 0 Å². The van der Waals surface area contributed by atoms with Gasteiger partial charge >= 0.3 is 0 Å². The lowest BCUT2D eigenvalue weighted by molar-refractivity contribution is 0.819. The first-order valence-electron chi connectivity index (χ1n) is 5.51. The average Bonchev–Trinajstić information content (AvgIpc) is 2.35. The molecule has 4 heteroatoms. The van der Waals surface area contributed by atoms with E-state index in [0.717, 1.165) is 23.2 Å². The van der Waals surface area contributed by atoms with Crippen LogP contribution < -0.4 is 5.32 Å². The SMILES string of the molecule is CNCc1ccc(Cl)cc1-c1cccc(Cl)c1Cl. The zero-order valence-electron chi connectivity index (χ0n) is 9.81. The summed E-state index contributed by atoms with van der Waals surface area (Å²) in [6.07, 6.45) is 0. The topological polar surface area (TPSA) is 12.0 Å². The van der Waals surface area contributed by atoms with Gasteiger partial charge in [0.25, 0.3) is 0 Å². The third kappa shape index (κ3) is 2.81. The van der Waals surface area contributed by atoms with Gasteiger partial charge in [0.2, 0.25) is 0 Å². The molecular formula is C14H12Cl3N. The van der Waals surface area contributed by atoms with Crippen LogP contribution in [-0.4, -0.2) is 7.05 Å². The molecule has 0 bridgehead atoms. The van der Waals surface area contributed by atoms with Crippen molar-refractivity contribution in [2.75, 3.05) is 7.05 Å². The molecule has 2 aromatic rings. The largest absolute Gasteiger partial charge is 0.316 e. The van der Waals surface area contributed by atoms with Crippen LogP contribution in [0.15, 0.2) is 36.4 Å². The van der Waals surface area contributed by atoms with Crippen molar-refractivity contribution in [3.8, 4) is 11.1 Å². The molecule has 18 heavy (non-hydrogen) atoms. The maximum atomic E-state index is 6.26. The lowest BCUT2D eigenvalue weighted by Gasteiger charge is -2.12. The number of halogens is 3. The zero-order valence-corrected chi connectivity index (χ0v) is 12.1. The molecule has 0 saturated carbocycles. The smallest absolute Gasteiger partial charge is 0.0670 e. The first-order valence-corrected chi connectivity index (χ1v) is 6.64. The number of nitrogens with one attached hydrogen (secondary N) is 1. The van der Waals surface area contributed by atoms with Gasteiger partial charge in [0.1, 0.15) is 0 Å². The minimum absolute atomic E-state index is 0.546. The van der Waals surface area contributed by atoms with Gasteiger partial charge in [-0.3, -0.25) is 0 Å². The van der Waals surface area contributed by atoms with Crippen molar-refractivity contribution in [1.82, 2.24) is 5.32 Å². The molecule has 0 aliphatic rings. The van der Waals surface area contributed by atoms with Crippen molar-refractivity contribution in [3.63, 3.8) is 0 Å². The normalized spacial score (nSPS) is 10.7. The third-order valence-electron chi connectivity index (χ3n) is 2.68. The fourth-order valence-corrected chi connectivity index (χ4v) is 2.43. The molecule has 0 aromatic heterocycles. The maximum absolute atomic E-state index is 6.26. The molecule has 0 radical (unpaired) electrons. The van der Waals surface area contributed by atoms with E-state index in [1.54, 1.807) is 6.07 Å². The van der Waals surface area contributed by atoms with Crippen LogP contribution in [0.4, 0.5) is 0 Å². The van der Waals surface area contributed by atoms with Crippen LogP contribution in [0.5, 0.6) is 0 Å². The molecule has 0 aliphatic carbocycles. The molecule has 2 rings (SSSR count). The molecule has 0 amide bonds. The molecule has 1 N–H and O–H groups in total. The average molecular weight is 301 g/mol. The summed E-state index contributed by atoms with van der Waals surface area (Å²) < 4.78 is 0. The van der Waals surface area contributed by atoms with Crippen LogP contribution in [-0.2, 0) is 6.54 Å². The van der Waals surface area contributed by atoms with Gasteiger partial charge in [0, 0.05) is 17.1 Å². The Balaban J connectivity index is 2.61. The van der Waals surface area contributed by atoms with E-state index in [0.29, 0.717) is 15.1 Å². The van der Waals surface area contributed by atoms with E-state index in [2.05, 4.69) is 5.32 Å². The molecule has 0 aliphatic heterocycles. The van der Waals surface area contributed by atoms with E-state index < -0.39 is 0 Å². The minimum atomic E-state index is 0.546. The Kier molecular flexibility index (Phi) is 4.52. The third-order valence-corrected chi connectivity index (χ3v) is 3.73. The van der Waals surface area contributed by atoms with Crippen LogP contribution in [0.3, 0.4) is 0 Å². The molecular weight excluding hydrogens is 289 g/mol. The molecule has 0 atom stereocenters. The summed E-state index contributed by atoms with van der Waals surface area (Å²) in [4.78, 5) is 0. The van der Waals surface area contributed by atoms with Crippen molar-refractivity contribution < 1.29 is 0 Å². The monoisotopic (exact) mass is 299 g/mol. The van der Waals surface area contributed by atoms with Crippen LogP contribution in [0.1, 0.15) is 5.56 Å². The highest BCUT2D eigenvalue weighted by molar-refractivity contribution is 6.43.